The van der Waals surface area contributed by atoms with Gasteiger partial charge in [-0.1, -0.05) is 52.3 Å². The van der Waals surface area contributed by atoms with E-state index in [-0.39, 0.29) is 18.0 Å². The zero-order valence-corrected chi connectivity index (χ0v) is 19.0. The first kappa shape index (κ1) is 21.3. The molecule has 2 unspecified atom stereocenters. The molecule has 0 radical (unpaired) electrons. The molecule has 0 aliphatic carbocycles. The number of halogens is 1. The number of methoxy groups -OCH3 is 1. The van der Waals surface area contributed by atoms with E-state index in [0.29, 0.717) is 12.4 Å². The predicted octanol–water partition coefficient (Wildman–Crippen LogP) is 5.54. The highest BCUT2D eigenvalue weighted by atomic mass is 79.9. The van der Waals surface area contributed by atoms with Crippen LogP contribution in [0.2, 0.25) is 0 Å². The van der Waals surface area contributed by atoms with Crippen molar-refractivity contribution in [3.8, 4) is 17.2 Å². The second-order valence-corrected chi connectivity index (χ2v) is 8.13. The third kappa shape index (κ3) is 4.70. The zero-order valence-electron chi connectivity index (χ0n) is 17.4. The number of para-hydroxylation sites is 1. The standard InChI is InChI=1S/C25H25BrN2O3/c1-3-31-23-12-6-11-20(24(23)29)22-15-21(16-7-4-9-18(26)13-16)27-25(28-22)17-8-5-10-19(14-17)30-2/h4-15,22,25,27-29H,3H2,1-2H3. The highest BCUT2D eigenvalue weighted by Gasteiger charge is 2.27. The van der Waals surface area contributed by atoms with E-state index >= 15 is 0 Å². The summed E-state index contributed by atoms with van der Waals surface area (Å²) >= 11 is 3.56. The number of hydrogen-bond acceptors (Lipinski definition) is 5. The third-order valence-electron chi connectivity index (χ3n) is 5.21. The Morgan fingerprint density at radius 1 is 1.03 bits per heavy atom. The molecular weight excluding hydrogens is 456 g/mol. The van der Waals surface area contributed by atoms with Gasteiger partial charge in [0.25, 0.3) is 0 Å². The zero-order chi connectivity index (χ0) is 21.8. The van der Waals surface area contributed by atoms with Crippen LogP contribution in [0.5, 0.6) is 17.2 Å². The van der Waals surface area contributed by atoms with Crippen molar-refractivity contribution in [2.45, 2.75) is 19.1 Å². The predicted molar refractivity (Wildman–Crippen MR) is 126 cm³/mol. The van der Waals surface area contributed by atoms with Crippen molar-refractivity contribution in [2.24, 2.45) is 0 Å². The fourth-order valence-electron chi connectivity index (χ4n) is 3.72. The first-order valence-electron chi connectivity index (χ1n) is 10.2. The summed E-state index contributed by atoms with van der Waals surface area (Å²) in [5, 5.41) is 18.0. The Morgan fingerprint density at radius 2 is 1.84 bits per heavy atom. The maximum Gasteiger partial charge on any atom is 0.162 e. The molecule has 3 aromatic carbocycles. The second-order valence-electron chi connectivity index (χ2n) is 7.22. The van der Waals surface area contributed by atoms with Gasteiger partial charge in [0.2, 0.25) is 0 Å². The first-order chi connectivity index (χ1) is 15.1. The number of ether oxygens (including phenoxy) is 2. The second kappa shape index (κ2) is 9.45. The monoisotopic (exact) mass is 480 g/mol. The Kier molecular flexibility index (Phi) is 6.49. The maximum atomic E-state index is 10.9. The van der Waals surface area contributed by atoms with Crippen LogP contribution in [-0.4, -0.2) is 18.8 Å². The minimum Gasteiger partial charge on any atom is -0.504 e. The normalized spacial score (nSPS) is 18.1. The van der Waals surface area contributed by atoms with Gasteiger partial charge in [0.1, 0.15) is 11.9 Å². The van der Waals surface area contributed by atoms with Gasteiger partial charge in [-0.05, 0) is 54.5 Å². The number of benzene rings is 3. The summed E-state index contributed by atoms with van der Waals surface area (Å²) in [5.41, 5.74) is 3.81. The van der Waals surface area contributed by atoms with Gasteiger partial charge in [-0.3, -0.25) is 5.32 Å². The van der Waals surface area contributed by atoms with E-state index in [4.69, 9.17) is 9.47 Å². The van der Waals surface area contributed by atoms with Crippen LogP contribution in [-0.2, 0) is 0 Å². The highest BCUT2D eigenvalue weighted by molar-refractivity contribution is 9.10. The highest BCUT2D eigenvalue weighted by Crippen LogP contribution is 2.38. The van der Waals surface area contributed by atoms with Gasteiger partial charge in [0, 0.05) is 15.7 Å². The third-order valence-corrected chi connectivity index (χ3v) is 5.70. The Bertz CT molecular complexity index is 1100. The molecule has 3 N–H and O–H groups in total. The molecule has 1 aliphatic heterocycles. The Hall–Kier alpha value is -2.96. The summed E-state index contributed by atoms with van der Waals surface area (Å²) in [6.07, 6.45) is 1.90. The van der Waals surface area contributed by atoms with Gasteiger partial charge in [-0.25, -0.2) is 0 Å². The quantitative estimate of drug-likeness (QED) is 0.432. The van der Waals surface area contributed by atoms with Crippen LogP contribution in [0.4, 0.5) is 0 Å². The average Bonchev–Trinajstić information content (AvgIpc) is 2.80. The number of phenols is 1. The summed E-state index contributed by atoms with van der Waals surface area (Å²) in [5.74, 6) is 1.42. The van der Waals surface area contributed by atoms with E-state index in [1.54, 1.807) is 13.2 Å². The first-order valence-corrected chi connectivity index (χ1v) is 11.0. The van der Waals surface area contributed by atoms with Crippen LogP contribution in [0.3, 0.4) is 0 Å². The van der Waals surface area contributed by atoms with Crippen LogP contribution >= 0.6 is 15.9 Å². The summed E-state index contributed by atoms with van der Waals surface area (Å²) in [7, 11) is 1.66. The fourth-order valence-corrected chi connectivity index (χ4v) is 4.12. The van der Waals surface area contributed by atoms with Crippen molar-refractivity contribution in [1.82, 2.24) is 10.6 Å². The molecule has 0 bridgehead atoms. The van der Waals surface area contributed by atoms with Gasteiger partial charge in [0.05, 0.1) is 19.8 Å². The molecule has 31 heavy (non-hydrogen) atoms. The van der Waals surface area contributed by atoms with E-state index in [9.17, 15) is 5.11 Å². The molecule has 1 heterocycles. The molecule has 3 aromatic rings. The van der Waals surface area contributed by atoms with Crippen LogP contribution in [0.1, 0.15) is 35.8 Å². The molecule has 1 aliphatic rings. The van der Waals surface area contributed by atoms with Crippen LogP contribution < -0.4 is 20.1 Å². The minimum absolute atomic E-state index is 0.151. The number of rotatable bonds is 6. The Labute approximate surface area is 190 Å². The summed E-state index contributed by atoms with van der Waals surface area (Å²) in [6, 6.07) is 21.4. The molecular formula is C25H25BrN2O3. The molecule has 4 rings (SSSR count). The largest absolute Gasteiger partial charge is 0.504 e. The van der Waals surface area contributed by atoms with Crippen molar-refractivity contribution in [3.05, 3.63) is 94.0 Å². The van der Waals surface area contributed by atoms with E-state index in [1.165, 1.54) is 0 Å². The average molecular weight is 481 g/mol. The minimum atomic E-state index is -0.230. The fraction of sp³-hybridized carbons (Fsp3) is 0.200. The molecule has 0 saturated carbocycles. The molecule has 6 heteroatoms. The lowest BCUT2D eigenvalue weighted by Crippen LogP contribution is -2.39. The van der Waals surface area contributed by atoms with Crippen molar-refractivity contribution in [2.75, 3.05) is 13.7 Å². The lowest BCUT2D eigenvalue weighted by molar-refractivity contribution is 0.314. The summed E-state index contributed by atoms with van der Waals surface area (Å²) < 4.78 is 12.0. The van der Waals surface area contributed by atoms with Gasteiger partial charge >= 0.3 is 0 Å². The topological polar surface area (TPSA) is 62.8 Å². The summed E-state index contributed by atoms with van der Waals surface area (Å²) in [4.78, 5) is 0. The van der Waals surface area contributed by atoms with Crippen molar-refractivity contribution < 1.29 is 14.6 Å². The van der Waals surface area contributed by atoms with Crippen LogP contribution in [0, 0.1) is 0 Å². The number of phenolic OH excluding ortho intramolecular Hbond substituents is 1. The molecule has 0 fully saturated rings. The summed E-state index contributed by atoms with van der Waals surface area (Å²) in [6.45, 7) is 2.39. The van der Waals surface area contributed by atoms with Crippen molar-refractivity contribution in [1.29, 1.82) is 0 Å². The van der Waals surface area contributed by atoms with Crippen LogP contribution in [0.25, 0.3) is 5.70 Å². The van der Waals surface area contributed by atoms with Gasteiger partial charge in [0.15, 0.2) is 11.5 Å². The number of aromatic hydroxyl groups is 1. The molecule has 2 atom stereocenters. The van der Waals surface area contributed by atoms with E-state index in [2.05, 4.69) is 44.8 Å². The van der Waals surface area contributed by atoms with E-state index in [1.807, 2.05) is 55.5 Å². The Balaban J connectivity index is 1.77. The van der Waals surface area contributed by atoms with Crippen LogP contribution in [0.15, 0.2) is 77.3 Å². The number of nitrogens with one attached hydrogen (secondary N) is 2. The van der Waals surface area contributed by atoms with Gasteiger partial charge in [-0.15, -0.1) is 0 Å². The molecule has 160 valence electrons. The van der Waals surface area contributed by atoms with Gasteiger partial charge < -0.3 is 19.9 Å². The van der Waals surface area contributed by atoms with Gasteiger partial charge in [-0.2, -0.15) is 0 Å². The number of hydrogen-bond donors (Lipinski definition) is 3. The smallest absolute Gasteiger partial charge is 0.162 e. The SMILES string of the molecule is CCOc1cccc(C2C=C(c3cccc(Br)c3)NC(c3cccc(OC)c3)N2)c1O. The molecule has 0 aromatic heterocycles. The molecule has 0 spiro atoms. The maximum absolute atomic E-state index is 10.9. The molecule has 5 nitrogen and oxygen atoms in total. The van der Waals surface area contributed by atoms with E-state index in [0.717, 1.165) is 32.6 Å². The Morgan fingerprint density at radius 3 is 2.61 bits per heavy atom. The van der Waals surface area contributed by atoms with Crippen molar-refractivity contribution >= 4 is 21.6 Å². The lowest BCUT2D eigenvalue weighted by Gasteiger charge is -2.33. The lowest BCUT2D eigenvalue weighted by atomic mass is 9.97. The molecule has 0 saturated heterocycles. The van der Waals surface area contributed by atoms with E-state index < -0.39 is 0 Å². The molecule has 0 amide bonds. The van der Waals surface area contributed by atoms with Crippen molar-refractivity contribution in [3.63, 3.8) is 0 Å².